The summed E-state index contributed by atoms with van der Waals surface area (Å²) in [6.07, 6.45) is 4.27. The van der Waals surface area contributed by atoms with Crippen molar-refractivity contribution in [2.24, 2.45) is 5.92 Å². The van der Waals surface area contributed by atoms with Crippen LogP contribution in [0.5, 0.6) is 0 Å². The molecule has 1 N–H and O–H groups in total. The maximum Gasteiger partial charge on any atom is 0.256 e. The first kappa shape index (κ1) is 16.2. The summed E-state index contributed by atoms with van der Waals surface area (Å²) in [6, 6.07) is 9.55. The quantitative estimate of drug-likeness (QED) is 0.789. The van der Waals surface area contributed by atoms with Crippen LogP contribution in [0.2, 0.25) is 0 Å². The number of halogens is 1. The lowest BCUT2D eigenvalue weighted by molar-refractivity contribution is 0.102. The maximum atomic E-state index is 12.4. The van der Waals surface area contributed by atoms with Gasteiger partial charge in [0.1, 0.15) is 11.1 Å². The van der Waals surface area contributed by atoms with Crippen LogP contribution in [0.3, 0.4) is 0 Å². The van der Waals surface area contributed by atoms with Crippen molar-refractivity contribution in [1.82, 2.24) is 0 Å². The van der Waals surface area contributed by atoms with Gasteiger partial charge in [-0.25, -0.2) is 0 Å². The minimum absolute atomic E-state index is 0.173. The Morgan fingerprint density at radius 3 is 3.04 bits per heavy atom. The first-order valence-electron chi connectivity index (χ1n) is 7.74. The van der Waals surface area contributed by atoms with E-state index in [-0.39, 0.29) is 5.91 Å². The minimum Gasteiger partial charge on any atom is -0.312 e. The molecule has 1 aromatic carbocycles. The van der Waals surface area contributed by atoms with E-state index in [0.29, 0.717) is 22.0 Å². The summed E-state index contributed by atoms with van der Waals surface area (Å²) in [4.78, 5) is 13.7. The molecule has 3 rings (SSSR count). The summed E-state index contributed by atoms with van der Waals surface area (Å²) in [6.45, 7) is 2.21. The summed E-state index contributed by atoms with van der Waals surface area (Å²) in [5, 5.41) is 13.1. The molecule has 1 aromatic heterocycles. The lowest BCUT2D eigenvalue weighted by atomic mass is 9.86. The van der Waals surface area contributed by atoms with E-state index in [1.165, 1.54) is 11.3 Å². The Morgan fingerprint density at radius 1 is 1.52 bits per heavy atom. The molecule has 1 heterocycles. The molecule has 3 nitrogen and oxygen atoms in total. The molecule has 1 aliphatic carbocycles. The van der Waals surface area contributed by atoms with Gasteiger partial charge in [-0.3, -0.25) is 4.79 Å². The van der Waals surface area contributed by atoms with Gasteiger partial charge in [0.05, 0.1) is 5.56 Å². The van der Waals surface area contributed by atoms with Crippen LogP contribution in [0.15, 0.2) is 28.7 Å². The van der Waals surface area contributed by atoms with E-state index >= 15 is 0 Å². The van der Waals surface area contributed by atoms with Crippen LogP contribution in [0.4, 0.5) is 5.00 Å². The average molecular weight is 389 g/mol. The van der Waals surface area contributed by atoms with Gasteiger partial charge in [-0.05, 0) is 48.9 Å². The van der Waals surface area contributed by atoms with Gasteiger partial charge in [-0.1, -0.05) is 35.3 Å². The fourth-order valence-electron chi connectivity index (χ4n) is 3.01. The van der Waals surface area contributed by atoms with Crippen LogP contribution in [-0.2, 0) is 12.8 Å². The molecule has 23 heavy (non-hydrogen) atoms. The number of carbonyl (C=O) groups excluding carboxylic acids is 1. The summed E-state index contributed by atoms with van der Waals surface area (Å²) >= 11 is 4.94. The van der Waals surface area contributed by atoms with Crippen molar-refractivity contribution < 1.29 is 4.79 Å². The summed E-state index contributed by atoms with van der Waals surface area (Å²) in [7, 11) is 0. The predicted molar refractivity (Wildman–Crippen MR) is 96.9 cm³/mol. The zero-order chi connectivity index (χ0) is 16.4. The molecular formula is C18H17BrN2OS. The van der Waals surface area contributed by atoms with Crippen LogP contribution in [0.25, 0.3) is 0 Å². The molecule has 0 saturated carbocycles. The highest BCUT2D eigenvalue weighted by Crippen LogP contribution is 2.40. The second kappa shape index (κ2) is 6.86. The highest BCUT2D eigenvalue weighted by molar-refractivity contribution is 9.10. The van der Waals surface area contributed by atoms with Crippen molar-refractivity contribution in [1.29, 1.82) is 5.26 Å². The largest absolute Gasteiger partial charge is 0.312 e. The molecule has 0 aliphatic heterocycles. The number of anilines is 1. The van der Waals surface area contributed by atoms with E-state index < -0.39 is 0 Å². The Kier molecular flexibility index (Phi) is 4.84. The van der Waals surface area contributed by atoms with E-state index in [1.54, 1.807) is 23.5 Å². The van der Waals surface area contributed by atoms with Gasteiger partial charge in [-0.15, -0.1) is 11.3 Å². The molecule has 0 bridgehead atoms. The highest BCUT2D eigenvalue weighted by atomic mass is 79.9. The molecule has 2 aromatic rings. The van der Waals surface area contributed by atoms with Gasteiger partial charge in [0, 0.05) is 14.9 Å². The maximum absolute atomic E-state index is 12.4. The number of carbonyl (C=O) groups is 1. The normalized spacial score (nSPS) is 16.5. The zero-order valence-corrected chi connectivity index (χ0v) is 15.3. The molecule has 0 radical (unpaired) electrons. The standard InChI is InChI=1S/C18H17BrN2OS/c1-2-11-6-7-14-15(10-20)18(23-16(14)8-11)21-17(22)12-4-3-5-13(19)9-12/h3-5,9,11H,2,6-8H2,1H3,(H,21,22)/t11-/m1/s1. The van der Waals surface area contributed by atoms with Gasteiger partial charge >= 0.3 is 0 Å². The summed E-state index contributed by atoms with van der Waals surface area (Å²) < 4.78 is 0.863. The van der Waals surface area contributed by atoms with Crippen molar-refractivity contribution in [2.75, 3.05) is 5.32 Å². The topological polar surface area (TPSA) is 52.9 Å². The van der Waals surface area contributed by atoms with E-state index in [9.17, 15) is 10.1 Å². The lowest BCUT2D eigenvalue weighted by Crippen LogP contribution is -2.12. The number of fused-ring (bicyclic) bond motifs is 1. The third-order valence-corrected chi connectivity index (χ3v) is 6.03. The number of amides is 1. The molecule has 1 atom stereocenters. The van der Waals surface area contributed by atoms with Gasteiger partial charge in [-0.2, -0.15) is 5.26 Å². The van der Waals surface area contributed by atoms with Gasteiger partial charge in [0.15, 0.2) is 0 Å². The third kappa shape index (κ3) is 3.34. The van der Waals surface area contributed by atoms with E-state index in [0.717, 1.165) is 29.3 Å². The Balaban J connectivity index is 1.88. The van der Waals surface area contributed by atoms with Crippen LogP contribution in [0, 0.1) is 17.2 Å². The van der Waals surface area contributed by atoms with Gasteiger partial charge in [0.2, 0.25) is 0 Å². The molecule has 0 saturated heterocycles. The molecule has 1 amide bonds. The second-order valence-corrected chi connectivity index (χ2v) is 7.82. The molecule has 5 heteroatoms. The molecular weight excluding hydrogens is 372 g/mol. The molecule has 0 spiro atoms. The Morgan fingerprint density at radius 2 is 2.35 bits per heavy atom. The third-order valence-electron chi connectivity index (χ3n) is 4.37. The summed E-state index contributed by atoms with van der Waals surface area (Å²) in [5.41, 5.74) is 2.38. The number of nitriles is 1. The van der Waals surface area contributed by atoms with Crippen LogP contribution in [0.1, 0.15) is 46.1 Å². The van der Waals surface area contributed by atoms with Crippen molar-refractivity contribution in [2.45, 2.75) is 32.6 Å². The van der Waals surface area contributed by atoms with E-state index in [1.807, 2.05) is 12.1 Å². The number of benzene rings is 1. The second-order valence-electron chi connectivity index (χ2n) is 5.80. The summed E-state index contributed by atoms with van der Waals surface area (Å²) in [5.74, 6) is 0.523. The Bertz CT molecular complexity index is 791. The van der Waals surface area contributed by atoms with Crippen molar-refractivity contribution >= 4 is 38.2 Å². The fourth-order valence-corrected chi connectivity index (χ4v) is 4.72. The first-order valence-corrected chi connectivity index (χ1v) is 9.34. The van der Waals surface area contributed by atoms with Crippen molar-refractivity contribution in [3.63, 3.8) is 0 Å². The molecule has 1 aliphatic rings. The minimum atomic E-state index is -0.173. The van der Waals surface area contributed by atoms with Gasteiger partial charge < -0.3 is 5.32 Å². The zero-order valence-electron chi connectivity index (χ0n) is 12.9. The smallest absolute Gasteiger partial charge is 0.256 e. The van der Waals surface area contributed by atoms with Crippen LogP contribution < -0.4 is 5.32 Å². The number of hydrogen-bond acceptors (Lipinski definition) is 3. The lowest BCUT2D eigenvalue weighted by Gasteiger charge is -2.20. The highest BCUT2D eigenvalue weighted by Gasteiger charge is 2.25. The number of thiophene rings is 1. The fraction of sp³-hybridized carbons (Fsp3) is 0.333. The Labute approximate surface area is 148 Å². The Hall–Kier alpha value is -1.64. The number of nitrogens with zero attached hydrogens (tertiary/aromatic N) is 1. The van der Waals surface area contributed by atoms with E-state index in [2.05, 4.69) is 34.2 Å². The molecule has 118 valence electrons. The number of hydrogen-bond donors (Lipinski definition) is 1. The van der Waals surface area contributed by atoms with Gasteiger partial charge in [0.25, 0.3) is 5.91 Å². The number of rotatable bonds is 3. The average Bonchev–Trinajstić information content (AvgIpc) is 2.90. The van der Waals surface area contributed by atoms with Crippen LogP contribution in [-0.4, -0.2) is 5.91 Å². The number of nitrogens with one attached hydrogen (secondary N) is 1. The van der Waals surface area contributed by atoms with Crippen molar-refractivity contribution in [3.8, 4) is 6.07 Å². The predicted octanol–water partition coefficient (Wildman–Crippen LogP) is 5.15. The van der Waals surface area contributed by atoms with E-state index in [4.69, 9.17) is 0 Å². The molecule has 0 fully saturated rings. The molecule has 0 unspecified atom stereocenters. The monoisotopic (exact) mass is 388 g/mol. The SMILES string of the molecule is CC[C@@H]1CCc2c(sc(NC(=O)c3cccc(Br)c3)c2C#N)C1. The van der Waals surface area contributed by atoms with Crippen molar-refractivity contribution in [3.05, 3.63) is 50.3 Å². The van der Waals surface area contributed by atoms with Crippen LogP contribution >= 0.6 is 27.3 Å². The first-order chi connectivity index (χ1) is 11.1.